The molecule has 0 radical (unpaired) electrons. The number of hydrogen-bond acceptors (Lipinski definition) is 2. The van der Waals surface area contributed by atoms with Gasteiger partial charge in [-0.2, -0.15) is 26.3 Å². The van der Waals surface area contributed by atoms with Gasteiger partial charge in [-0.1, -0.05) is 11.6 Å². The van der Waals surface area contributed by atoms with Crippen LogP contribution in [0, 0.1) is 5.82 Å². The van der Waals surface area contributed by atoms with Gasteiger partial charge in [-0.05, 0) is 18.2 Å². The molecule has 0 aliphatic heterocycles. The smallest absolute Gasteiger partial charge is 0.439 e. The molecule has 2 nitrogen and oxygen atoms in total. The minimum atomic E-state index is -6.60. The van der Waals surface area contributed by atoms with E-state index in [-0.39, 0.29) is 0 Å². The van der Waals surface area contributed by atoms with E-state index >= 15 is 0 Å². The number of hydrogen-bond donors (Lipinski definition) is 1. The van der Waals surface area contributed by atoms with Gasteiger partial charge in [0.2, 0.25) is 5.78 Å². The number of carbonyl (C=O) groups excluding carboxylic acids is 1. The molecule has 0 amide bonds. The average Bonchev–Trinajstić information content (AvgIpc) is 2.37. The van der Waals surface area contributed by atoms with E-state index in [1.165, 1.54) is 0 Å². The average molecular weight is 369 g/mol. The number of aliphatic hydroxyl groups is 1. The van der Waals surface area contributed by atoms with Crippen LogP contribution < -0.4 is 0 Å². The van der Waals surface area contributed by atoms with Crippen molar-refractivity contribution in [2.24, 2.45) is 0 Å². The predicted octanol–water partition coefficient (Wildman–Crippen LogP) is 4.78. The normalized spacial score (nSPS) is 14.0. The van der Waals surface area contributed by atoms with Crippen LogP contribution in [0.1, 0.15) is 5.56 Å². The van der Waals surface area contributed by atoms with Crippen LogP contribution in [0.2, 0.25) is 5.02 Å². The molecule has 0 saturated carbocycles. The van der Waals surface area contributed by atoms with Crippen LogP contribution >= 0.6 is 11.6 Å². The van der Waals surface area contributed by atoms with Gasteiger partial charge in [0.05, 0.1) is 5.02 Å². The van der Waals surface area contributed by atoms with Crippen molar-refractivity contribution < 1.29 is 45.0 Å². The summed E-state index contributed by atoms with van der Waals surface area (Å²) in [5, 5.41) is 8.73. The standard InChI is InChI=1S/C12H5ClF8O2/c13-6-3-5(1-2-7(6)14)8(22)4-9(23)10(15,11(16,17)18)12(19,20)21/h1-4,22H/b8-4-. The monoisotopic (exact) mass is 368 g/mol. The molecule has 1 aromatic carbocycles. The van der Waals surface area contributed by atoms with Gasteiger partial charge in [0.15, 0.2) is 0 Å². The fourth-order valence-corrected chi connectivity index (χ4v) is 1.58. The molecular weight excluding hydrogens is 364 g/mol. The molecule has 0 spiro atoms. The Labute approximate surface area is 128 Å². The van der Waals surface area contributed by atoms with Gasteiger partial charge in [-0.15, -0.1) is 0 Å². The lowest BCUT2D eigenvalue weighted by atomic mass is 9.97. The van der Waals surface area contributed by atoms with Crippen molar-refractivity contribution in [3.05, 3.63) is 40.7 Å². The van der Waals surface area contributed by atoms with Crippen molar-refractivity contribution in [1.82, 2.24) is 0 Å². The second-order valence-corrected chi connectivity index (χ2v) is 4.58. The van der Waals surface area contributed by atoms with E-state index in [4.69, 9.17) is 11.6 Å². The Morgan fingerprint density at radius 1 is 1.04 bits per heavy atom. The third kappa shape index (κ3) is 3.57. The van der Waals surface area contributed by atoms with E-state index in [2.05, 4.69) is 0 Å². The van der Waals surface area contributed by atoms with Crippen molar-refractivity contribution in [1.29, 1.82) is 0 Å². The van der Waals surface area contributed by atoms with Crippen molar-refractivity contribution in [2.45, 2.75) is 18.0 Å². The molecule has 0 aliphatic carbocycles. The summed E-state index contributed by atoms with van der Waals surface area (Å²) in [5.74, 6) is -5.54. The number of alkyl halides is 7. The molecule has 1 aromatic rings. The summed E-state index contributed by atoms with van der Waals surface area (Å²) in [5.41, 5.74) is -6.78. The van der Waals surface area contributed by atoms with Crippen molar-refractivity contribution in [3.63, 3.8) is 0 Å². The van der Waals surface area contributed by atoms with E-state index < -0.39 is 52.0 Å². The predicted molar refractivity (Wildman–Crippen MR) is 63.0 cm³/mol. The molecule has 0 saturated heterocycles. The molecular formula is C12H5ClF8O2. The summed E-state index contributed by atoms with van der Waals surface area (Å²) in [6.45, 7) is 0. The SMILES string of the molecule is O=C(/C=C(\O)c1ccc(F)c(Cl)c1)C(F)(C(F)(F)F)C(F)(F)F. The van der Waals surface area contributed by atoms with Crippen LogP contribution in [0.4, 0.5) is 35.1 Å². The van der Waals surface area contributed by atoms with Crippen LogP contribution in [-0.2, 0) is 4.79 Å². The van der Waals surface area contributed by atoms with Gasteiger partial charge >= 0.3 is 18.0 Å². The van der Waals surface area contributed by atoms with E-state index in [0.29, 0.717) is 18.2 Å². The maximum Gasteiger partial charge on any atom is 0.439 e. The van der Waals surface area contributed by atoms with E-state index in [0.717, 1.165) is 0 Å². The molecule has 0 aromatic heterocycles. The molecule has 0 atom stereocenters. The van der Waals surface area contributed by atoms with Gasteiger partial charge in [-0.3, -0.25) is 4.79 Å². The number of carbonyl (C=O) groups is 1. The molecule has 11 heteroatoms. The number of halogens is 9. The Morgan fingerprint density at radius 2 is 1.52 bits per heavy atom. The highest BCUT2D eigenvalue weighted by Crippen LogP contribution is 2.47. The first-order valence-electron chi connectivity index (χ1n) is 5.44. The van der Waals surface area contributed by atoms with Gasteiger partial charge in [0, 0.05) is 11.6 Å². The molecule has 1 N–H and O–H groups in total. The maximum atomic E-state index is 13.4. The summed E-state index contributed by atoms with van der Waals surface area (Å²) in [7, 11) is 0. The summed E-state index contributed by atoms with van der Waals surface area (Å²) in [6, 6.07) is 1.96. The molecule has 128 valence electrons. The molecule has 1 rings (SSSR count). The third-order valence-electron chi connectivity index (χ3n) is 2.60. The Balaban J connectivity index is 3.33. The summed E-state index contributed by atoms with van der Waals surface area (Å²) in [4.78, 5) is 11.1. The number of rotatable bonds is 3. The quantitative estimate of drug-likeness (QED) is 0.473. The zero-order chi connectivity index (χ0) is 18.2. The number of ketones is 1. The van der Waals surface area contributed by atoms with Crippen LogP contribution in [-0.4, -0.2) is 28.9 Å². The lowest BCUT2D eigenvalue weighted by Crippen LogP contribution is -2.58. The number of aliphatic hydroxyl groups excluding tert-OH is 1. The van der Waals surface area contributed by atoms with Gasteiger partial charge < -0.3 is 5.11 Å². The topological polar surface area (TPSA) is 37.3 Å². The second-order valence-electron chi connectivity index (χ2n) is 4.18. The maximum absolute atomic E-state index is 13.4. The highest BCUT2D eigenvalue weighted by molar-refractivity contribution is 6.30. The van der Waals surface area contributed by atoms with Gasteiger partial charge in [0.1, 0.15) is 11.6 Å². The van der Waals surface area contributed by atoms with Crippen molar-refractivity contribution in [3.8, 4) is 0 Å². The van der Waals surface area contributed by atoms with E-state index in [9.17, 15) is 45.0 Å². The van der Waals surface area contributed by atoms with E-state index in [1.54, 1.807) is 0 Å². The lowest BCUT2D eigenvalue weighted by Gasteiger charge is -2.27. The molecule has 0 aliphatic rings. The highest BCUT2D eigenvalue weighted by Gasteiger charge is 2.76. The number of allylic oxidation sites excluding steroid dienone is 1. The Bertz CT molecular complexity index is 633. The van der Waals surface area contributed by atoms with E-state index in [1.807, 2.05) is 0 Å². The minimum Gasteiger partial charge on any atom is -0.507 e. The Morgan fingerprint density at radius 3 is 1.91 bits per heavy atom. The fourth-order valence-electron chi connectivity index (χ4n) is 1.40. The van der Waals surface area contributed by atoms with Crippen molar-refractivity contribution in [2.75, 3.05) is 0 Å². The second kappa shape index (κ2) is 5.99. The highest BCUT2D eigenvalue weighted by atomic mass is 35.5. The molecule has 0 bridgehead atoms. The van der Waals surface area contributed by atoms with Crippen LogP contribution in [0.25, 0.3) is 5.76 Å². The third-order valence-corrected chi connectivity index (χ3v) is 2.89. The largest absolute Gasteiger partial charge is 0.507 e. The Kier molecular flexibility index (Phi) is 5.00. The summed E-state index contributed by atoms with van der Waals surface area (Å²) >= 11 is 5.30. The lowest BCUT2D eigenvalue weighted by molar-refractivity contribution is -0.323. The first-order valence-corrected chi connectivity index (χ1v) is 5.82. The molecule has 0 fully saturated rings. The van der Waals surface area contributed by atoms with Crippen LogP contribution in [0.15, 0.2) is 24.3 Å². The Hall–Kier alpha value is -1.84. The first kappa shape index (κ1) is 19.2. The molecule has 23 heavy (non-hydrogen) atoms. The van der Waals surface area contributed by atoms with Gasteiger partial charge in [-0.25, -0.2) is 8.78 Å². The first-order chi connectivity index (χ1) is 10.2. The van der Waals surface area contributed by atoms with Crippen molar-refractivity contribution >= 4 is 23.1 Å². The zero-order valence-corrected chi connectivity index (χ0v) is 11.3. The summed E-state index contributed by atoms with van der Waals surface area (Å²) in [6.07, 6.45) is -13.8. The summed E-state index contributed by atoms with van der Waals surface area (Å²) < 4.78 is 100. The fraction of sp³-hybridized carbons (Fsp3) is 0.250. The molecule has 0 heterocycles. The number of benzene rings is 1. The van der Waals surface area contributed by atoms with Gasteiger partial charge in [0.25, 0.3) is 0 Å². The minimum absolute atomic E-state index is 0.587. The molecule has 0 unspecified atom stereocenters. The zero-order valence-electron chi connectivity index (χ0n) is 10.6. The van der Waals surface area contributed by atoms with Crippen LogP contribution in [0.3, 0.4) is 0 Å². The van der Waals surface area contributed by atoms with Crippen LogP contribution in [0.5, 0.6) is 0 Å².